The summed E-state index contributed by atoms with van der Waals surface area (Å²) >= 11 is 0. The molecule has 0 spiro atoms. The van der Waals surface area contributed by atoms with Gasteiger partial charge in [0.05, 0.1) is 16.5 Å². The topological polar surface area (TPSA) is 78.8 Å². The number of carbonyl (C=O) groups is 1. The van der Waals surface area contributed by atoms with Crippen molar-refractivity contribution in [3.63, 3.8) is 0 Å². The zero-order chi connectivity index (χ0) is 13.0. The summed E-state index contributed by atoms with van der Waals surface area (Å²) in [5.41, 5.74) is 5.00. The summed E-state index contributed by atoms with van der Waals surface area (Å²) in [6.07, 6.45) is 0. The van der Waals surface area contributed by atoms with Crippen LogP contribution in [0.1, 0.15) is 10.4 Å². The molecule has 5 nitrogen and oxygen atoms in total. The van der Waals surface area contributed by atoms with Gasteiger partial charge in [-0.15, -0.1) is 4.91 Å². The van der Waals surface area contributed by atoms with Crippen LogP contribution in [0.2, 0.25) is 0 Å². The Morgan fingerprint density at radius 1 is 0.944 bits per heavy atom. The van der Waals surface area contributed by atoms with Gasteiger partial charge in [-0.05, 0) is 35.4 Å². The second-order valence-electron chi connectivity index (χ2n) is 3.66. The van der Waals surface area contributed by atoms with Crippen molar-refractivity contribution in [1.82, 2.24) is 0 Å². The van der Waals surface area contributed by atoms with Gasteiger partial charge in [-0.25, -0.2) is 10.2 Å². The van der Waals surface area contributed by atoms with Crippen molar-refractivity contribution in [3.8, 4) is 11.1 Å². The molecular formula is C13H10N2O3. The van der Waals surface area contributed by atoms with E-state index in [1.165, 1.54) is 0 Å². The second-order valence-corrected chi connectivity index (χ2v) is 3.66. The molecule has 0 aromatic heterocycles. The average Bonchev–Trinajstić information content (AvgIpc) is 2.40. The number of rotatable bonds is 4. The lowest BCUT2D eigenvalue weighted by atomic mass is 10.0. The minimum atomic E-state index is -0.946. The van der Waals surface area contributed by atoms with Gasteiger partial charge in [-0.2, -0.15) is 0 Å². The summed E-state index contributed by atoms with van der Waals surface area (Å²) in [7, 11) is 0. The van der Waals surface area contributed by atoms with Gasteiger partial charge >= 0.3 is 5.97 Å². The van der Waals surface area contributed by atoms with E-state index in [0.29, 0.717) is 5.69 Å². The molecule has 0 atom stereocenters. The maximum absolute atomic E-state index is 10.7. The fraction of sp³-hybridized carbons (Fsp3) is 0. The third-order valence-corrected chi connectivity index (χ3v) is 2.52. The number of aromatic carboxylic acids is 1. The van der Waals surface area contributed by atoms with Gasteiger partial charge in [0, 0.05) is 0 Å². The molecule has 0 fully saturated rings. The maximum atomic E-state index is 10.7. The van der Waals surface area contributed by atoms with E-state index in [1.54, 1.807) is 36.4 Å². The van der Waals surface area contributed by atoms with Crippen LogP contribution < -0.4 is 5.43 Å². The molecule has 0 aliphatic heterocycles. The van der Waals surface area contributed by atoms with E-state index >= 15 is 0 Å². The Morgan fingerprint density at radius 2 is 1.44 bits per heavy atom. The molecule has 0 saturated carbocycles. The molecule has 2 aromatic carbocycles. The first-order valence-corrected chi connectivity index (χ1v) is 5.23. The molecule has 0 radical (unpaired) electrons. The van der Waals surface area contributed by atoms with Crippen LogP contribution in [0.25, 0.3) is 11.1 Å². The summed E-state index contributed by atoms with van der Waals surface area (Å²) in [5.74, 6) is -0.946. The van der Waals surface area contributed by atoms with Crippen LogP contribution in [-0.2, 0) is 0 Å². The number of carboxylic acids is 1. The van der Waals surface area contributed by atoms with Crippen molar-refractivity contribution in [1.29, 1.82) is 0 Å². The summed E-state index contributed by atoms with van der Waals surface area (Å²) in [6.45, 7) is 0. The lowest BCUT2D eigenvalue weighted by Crippen LogP contribution is -1.94. The first kappa shape index (κ1) is 11.8. The number of nitrogens with zero attached hydrogens (tertiary/aromatic N) is 1. The van der Waals surface area contributed by atoms with Crippen molar-refractivity contribution >= 4 is 11.7 Å². The monoisotopic (exact) mass is 242 g/mol. The van der Waals surface area contributed by atoms with Gasteiger partial charge in [0.25, 0.3) is 0 Å². The molecule has 0 unspecified atom stereocenters. The quantitative estimate of drug-likeness (QED) is 0.637. The molecule has 0 aliphatic carbocycles. The fourth-order valence-corrected chi connectivity index (χ4v) is 1.60. The zero-order valence-corrected chi connectivity index (χ0v) is 9.33. The molecule has 0 aliphatic rings. The molecule has 0 heterocycles. The van der Waals surface area contributed by atoms with E-state index in [4.69, 9.17) is 5.11 Å². The van der Waals surface area contributed by atoms with E-state index in [9.17, 15) is 9.70 Å². The molecule has 0 saturated heterocycles. The van der Waals surface area contributed by atoms with E-state index in [1.807, 2.05) is 12.1 Å². The van der Waals surface area contributed by atoms with Crippen LogP contribution in [0, 0.1) is 4.91 Å². The Hall–Kier alpha value is -2.69. The largest absolute Gasteiger partial charge is 0.478 e. The highest BCUT2D eigenvalue weighted by atomic mass is 16.4. The molecule has 90 valence electrons. The fourth-order valence-electron chi connectivity index (χ4n) is 1.60. The summed E-state index contributed by atoms with van der Waals surface area (Å²) in [5, 5.41) is 11.4. The lowest BCUT2D eigenvalue weighted by Gasteiger charge is -2.03. The Kier molecular flexibility index (Phi) is 3.33. The van der Waals surface area contributed by atoms with Gasteiger partial charge in [-0.1, -0.05) is 24.3 Å². The molecule has 2 N–H and O–H groups in total. The first-order chi connectivity index (χ1) is 8.70. The average molecular weight is 242 g/mol. The molecular weight excluding hydrogens is 232 g/mol. The lowest BCUT2D eigenvalue weighted by molar-refractivity contribution is 0.0697. The van der Waals surface area contributed by atoms with Crippen LogP contribution in [0.3, 0.4) is 0 Å². The van der Waals surface area contributed by atoms with E-state index in [2.05, 4.69) is 10.7 Å². The van der Waals surface area contributed by atoms with Gasteiger partial charge in [0.1, 0.15) is 0 Å². The Bertz CT molecular complexity index is 562. The summed E-state index contributed by atoms with van der Waals surface area (Å²) in [4.78, 5) is 20.7. The SMILES string of the molecule is O=NNc1ccc(-c2ccc(C(=O)O)cc2)cc1. The smallest absolute Gasteiger partial charge is 0.335 e. The van der Waals surface area contributed by atoms with E-state index in [0.717, 1.165) is 11.1 Å². The highest BCUT2D eigenvalue weighted by molar-refractivity contribution is 5.88. The molecule has 0 amide bonds. The van der Waals surface area contributed by atoms with Gasteiger partial charge in [0.15, 0.2) is 0 Å². The Morgan fingerprint density at radius 3 is 1.89 bits per heavy atom. The highest BCUT2D eigenvalue weighted by Crippen LogP contribution is 2.21. The van der Waals surface area contributed by atoms with Crippen molar-refractivity contribution in [3.05, 3.63) is 59.0 Å². The van der Waals surface area contributed by atoms with Crippen LogP contribution in [-0.4, -0.2) is 11.1 Å². The third kappa shape index (κ3) is 2.52. The number of benzene rings is 2. The van der Waals surface area contributed by atoms with Crippen LogP contribution >= 0.6 is 0 Å². The zero-order valence-electron chi connectivity index (χ0n) is 9.33. The minimum Gasteiger partial charge on any atom is -0.478 e. The number of carboxylic acid groups (broad SMARTS) is 1. The first-order valence-electron chi connectivity index (χ1n) is 5.23. The summed E-state index contributed by atoms with van der Waals surface area (Å²) < 4.78 is 0. The van der Waals surface area contributed by atoms with Crippen molar-refractivity contribution in [2.45, 2.75) is 0 Å². The number of hydrogen-bond acceptors (Lipinski definition) is 3. The molecule has 2 aromatic rings. The molecule has 2 rings (SSSR count). The normalized spacial score (nSPS) is 9.78. The molecule has 0 bridgehead atoms. The third-order valence-electron chi connectivity index (χ3n) is 2.52. The van der Waals surface area contributed by atoms with E-state index < -0.39 is 5.97 Å². The molecule has 18 heavy (non-hydrogen) atoms. The standard InChI is InChI=1S/C13H10N2O3/c16-13(17)11-3-1-9(2-4-11)10-5-7-12(8-6-10)14-15-18/h1-8H,(H,14,18)(H,16,17). The minimum absolute atomic E-state index is 0.252. The van der Waals surface area contributed by atoms with Crippen molar-refractivity contribution in [2.75, 3.05) is 5.43 Å². The Balaban J connectivity index is 2.25. The predicted octanol–water partition coefficient (Wildman–Crippen LogP) is 3.15. The number of anilines is 1. The molecule has 5 heteroatoms. The number of nitrogens with one attached hydrogen (secondary N) is 1. The number of nitroso groups, excluding NO2 is 1. The van der Waals surface area contributed by atoms with Crippen molar-refractivity contribution < 1.29 is 9.90 Å². The van der Waals surface area contributed by atoms with Gasteiger partial charge in [-0.3, -0.25) is 0 Å². The maximum Gasteiger partial charge on any atom is 0.335 e. The Labute approximate surface area is 103 Å². The summed E-state index contributed by atoms with van der Waals surface area (Å²) in [6, 6.07) is 13.7. The predicted molar refractivity (Wildman–Crippen MR) is 68.3 cm³/mol. The highest BCUT2D eigenvalue weighted by Gasteiger charge is 2.03. The second kappa shape index (κ2) is 5.09. The van der Waals surface area contributed by atoms with Gasteiger partial charge in [0.2, 0.25) is 0 Å². The van der Waals surface area contributed by atoms with Crippen molar-refractivity contribution in [2.24, 2.45) is 5.29 Å². The number of hydrogen-bond donors (Lipinski definition) is 2. The van der Waals surface area contributed by atoms with Crippen LogP contribution in [0.5, 0.6) is 0 Å². The van der Waals surface area contributed by atoms with Gasteiger partial charge < -0.3 is 5.11 Å². The van der Waals surface area contributed by atoms with E-state index in [-0.39, 0.29) is 5.56 Å². The van der Waals surface area contributed by atoms with Crippen LogP contribution in [0.15, 0.2) is 53.8 Å². The van der Waals surface area contributed by atoms with Crippen LogP contribution in [0.4, 0.5) is 5.69 Å².